The number of urea groups is 1. The van der Waals surface area contributed by atoms with Crippen molar-refractivity contribution in [1.29, 1.82) is 0 Å². The first-order valence-electron chi connectivity index (χ1n) is 12.1. The van der Waals surface area contributed by atoms with Gasteiger partial charge in [-0.05, 0) is 42.7 Å². The molecule has 0 saturated heterocycles. The Hall–Kier alpha value is -3.41. The number of aromatic nitrogens is 2. The number of para-hydroxylation sites is 1. The molecule has 0 unspecified atom stereocenters. The Labute approximate surface area is 236 Å². The van der Waals surface area contributed by atoms with E-state index in [0.29, 0.717) is 29.8 Å². The molecule has 2 heterocycles. The van der Waals surface area contributed by atoms with Gasteiger partial charge in [-0.1, -0.05) is 55.2 Å². The summed E-state index contributed by atoms with van der Waals surface area (Å²) in [6.45, 7) is 4.11. The zero-order valence-corrected chi connectivity index (χ0v) is 23.8. The van der Waals surface area contributed by atoms with E-state index in [-0.39, 0.29) is 29.0 Å². The molecule has 1 aliphatic rings. The molecule has 0 radical (unpaired) electrons. The minimum Gasteiger partial charge on any atom is -0.465 e. The molecule has 39 heavy (non-hydrogen) atoms. The summed E-state index contributed by atoms with van der Waals surface area (Å²) in [5.41, 5.74) is 1.44. The Bertz CT molecular complexity index is 1530. The van der Waals surface area contributed by atoms with Gasteiger partial charge in [0.2, 0.25) is 15.0 Å². The lowest BCUT2D eigenvalue weighted by atomic mass is 9.75. The van der Waals surface area contributed by atoms with Crippen LogP contribution in [0.1, 0.15) is 37.8 Å². The first-order valence-corrected chi connectivity index (χ1v) is 14.8. The SMILES string of the molecule is CCC(CC)(CNC(=O)O)c1cccc(N2C(=O)N(c3c(Cl)cccc3Cl)Cc3cnc(S(C)(=O)=O)nc32)c1. The molecule has 0 saturated carbocycles. The Balaban J connectivity index is 1.92. The van der Waals surface area contributed by atoms with E-state index in [1.807, 2.05) is 19.9 Å². The lowest BCUT2D eigenvalue weighted by Gasteiger charge is -2.38. The summed E-state index contributed by atoms with van der Waals surface area (Å²) in [5, 5.41) is 11.8. The van der Waals surface area contributed by atoms with E-state index in [2.05, 4.69) is 15.3 Å². The number of hydrogen-bond donors (Lipinski definition) is 2. The van der Waals surface area contributed by atoms with Gasteiger partial charge in [0.1, 0.15) is 0 Å². The van der Waals surface area contributed by atoms with Gasteiger partial charge in [-0.3, -0.25) is 4.90 Å². The normalized spacial score (nSPS) is 13.8. The number of carbonyl (C=O) groups is 2. The van der Waals surface area contributed by atoms with Gasteiger partial charge in [-0.25, -0.2) is 27.9 Å². The van der Waals surface area contributed by atoms with Gasteiger partial charge in [0, 0.05) is 30.0 Å². The Kier molecular flexibility index (Phi) is 8.06. The van der Waals surface area contributed by atoms with Crippen LogP contribution >= 0.6 is 23.2 Å². The van der Waals surface area contributed by atoms with E-state index < -0.39 is 32.5 Å². The highest BCUT2D eigenvalue weighted by Crippen LogP contribution is 2.42. The maximum atomic E-state index is 14.1. The van der Waals surface area contributed by atoms with Crippen LogP contribution in [0.4, 0.5) is 26.8 Å². The minimum atomic E-state index is -3.77. The van der Waals surface area contributed by atoms with E-state index in [9.17, 15) is 23.1 Å². The van der Waals surface area contributed by atoms with E-state index in [1.54, 1.807) is 36.4 Å². The van der Waals surface area contributed by atoms with Crippen LogP contribution in [0.25, 0.3) is 0 Å². The first-order chi connectivity index (χ1) is 18.4. The van der Waals surface area contributed by atoms with Gasteiger partial charge in [0.15, 0.2) is 5.82 Å². The predicted octanol–water partition coefficient (Wildman–Crippen LogP) is 5.79. The Morgan fingerprint density at radius 3 is 2.36 bits per heavy atom. The highest BCUT2D eigenvalue weighted by Gasteiger charge is 2.38. The molecule has 0 spiro atoms. The summed E-state index contributed by atoms with van der Waals surface area (Å²) < 4.78 is 24.6. The van der Waals surface area contributed by atoms with Crippen LogP contribution in [0.3, 0.4) is 0 Å². The molecule has 3 amide bonds. The van der Waals surface area contributed by atoms with E-state index in [4.69, 9.17) is 23.2 Å². The van der Waals surface area contributed by atoms with Crippen LogP contribution in [-0.2, 0) is 21.8 Å². The molecule has 0 aliphatic carbocycles. The van der Waals surface area contributed by atoms with Crippen molar-refractivity contribution >= 4 is 62.4 Å². The summed E-state index contributed by atoms with van der Waals surface area (Å²) in [6.07, 6.45) is 2.49. The van der Waals surface area contributed by atoms with Gasteiger partial charge in [-0.2, -0.15) is 4.98 Å². The van der Waals surface area contributed by atoms with Crippen LogP contribution in [0.5, 0.6) is 0 Å². The first kappa shape index (κ1) is 28.6. The molecule has 3 aromatic rings. The quantitative estimate of drug-likeness (QED) is 0.317. The fourth-order valence-electron chi connectivity index (χ4n) is 4.70. The van der Waals surface area contributed by atoms with Crippen LogP contribution < -0.4 is 15.1 Å². The third-order valence-electron chi connectivity index (χ3n) is 6.97. The fourth-order valence-corrected chi connectivity index (χ4v) is 5.80. The van der Waals surface area contributed by atoms with Crippen molar-refractivity contribution in [2.75, 3.05) is 22.6 Å². The predicted molar refractivity (Wildman–Crippen MR) is 150 cm³/mol. The Morgan fingerprint density at radius 1 is 1.13 bits per heavy atom. The topological polar surface area (TPSA) is 133 Å². The van der Waals surface area contributed by atoms with E-state index in [1.165, 1.54) is 16.0 Å². The summed E-state index contributed by atoms with van der Waals surface area (Å²) >= 11 is 12.9. The summed E-state index contributed by atoms with van der Waals surface area (Å²) in [4.78, 5) is 36.4. The molecule has 0 fully saturated rings. The fraction of sp³-hybridized carbons (Fsp3) is 0.308. The Morgan fingerprint density at radius 2 is 1.77 bits per heavy atom. The van der Waals surface area contributed by atoms with Crippen LogP contribution in [-0.4, -0.2) is 48.4 Å². The maximum absolute atomic E-state index is 14.1. The lowest BCUT2D eigenvalue weighted by Crippen LogP contribution is -2.46. The van der Waals surface area contributed by atoms with Crippen molar-refractivity contribution in [2.24, 2.45) is 0 Å². The van der Waals surface area contributed by atoms with Gasteiger partial charge in [0.25, 0.3) is 0 Å². The summed E-state index contributed by atoms with van der Waals surface area (Å²) in [6, 6.07) is 11.5. The number of amides is 3. The van der Waals surface area contributed by atoms with E-state index in [0.717, 1.165) is 11.8 Å². The minimum absolute atomic E-state index is 0.00818. The van der Waals surface area contributed by atoms with Gasteiger partial charge in [-0.15, -0.1) is 0 Å². The molecule has 0 bridgehead atoms. The second-order valence-corrected chi connectivity index (χ2v) is 12.0. The number of nitrogens with zero attached hydrogens (tertiary/aromatic N) is 4. The number of nitrogens with one attached hydrogen (secondary N) is 1. The zero-order valence-electron chi connectivity index (χ0n) is 21.5. The van der Waals surface area contributed by atoms with Crippen molar-refractivity contribution in [3.05, 3.63) is 69.8 Å². The van der Waals surface area contributed by atoms with Crippen molar-refractivity contribution < 1.29 is 23.1 Å². The number of benzene rings is 2. The average Bonchev–Trinajstić information content (AvgIpc) is 2.89. The number of anilines is 3. The molecular formula is C26H27Cl2N5O5S. The molecule has 2 aromatic carbocycles. The van der Waals surface area contributed by atoms with Crippen LogP contribution in [0.2, 0.25) is 10.0 Å². The second kappa shape index (κ2) is 11.0. The number of carbonyl (C=O) groups excluding carboxylic acids is 1. The number of hydrogen-bond acceptors (Lipinski definition) is 6. The highest BCUT2D eigenvalue weighted by molar-refractivity contribution is 7.90. The lowest BCUT2D eigenvalue weighted by molar-refractivity contribution is 0.190. The van der Waals surface area contributed by atoms with E-state index >= 15 is 0 Å². The number of halogens is 2. The third-order valence-corrected chi connectivity index (χ3v) is 8.44. The van der Waals surface area contributed by atoms with Crippen LogP contribution in [0.15, 0.2) is 53.8 Å². The van der Waals surface area contributed by atoms with Gasteiger partial charge in [0.05, 0.1) is 28.0 Å². The molecule has 0 atom stereocenters. The van der Waals surface area contributed by atoms with Gasteiger partial charge >= 0.3 is 12.1 Å². The molecule has 206 valence electrons. The highest BCUT2D eigenvalue weighted by atomic mass is 35.5. The standard InChI is InChI=1S/C26H27Cl2N5O5S/c1-4-26(5-2,15-30-24(34)35)17-8-6-9-18(12-17)33-22-16(13-29-23(31-22)39(3,37)38)14-32(25(33)36)21-19(27)10-7-11-20(21)28/h6-13,30H,4-5,14-15H2,1-3H3,(H,34,35). The summed E-state index contributed by atoms with van der Waals surface area (Å²) in [7, 11) is -3.77. The number of sulfone groups is 1. The van der Waals surface area contributed by atoms with Crippen molar-refractivity contribution in [3.63, 3.8) is 0 Å². The smallest absolute Gasteiger partial charge is 0.404 e. The number of fused-ring (bicyclic) bond motifs is 1. The molecular weight excluding hydrogens is 565 g/mol. The van der Waals surface area contributed by atoms with Gasteiger partial charge < -0.3 is 10.4 Å². The molecule has 2 N–H and O–H groups in total. The molecule has 4 rings (SSSR count). The monoisotopic (exact) mass is 591 g/mol. The molecule has 10 nitrogen and oxygen atoms in total. The second-order valence-electron chi connectivity index (χ2n) is 9.24. The van der Waals surface area contributed by atoms with Crippen molar-refractivity contribution in [1.82, 2.24) is 15.3 Å². The molecule has 1 aromatic heterocycles. The summed E-state index contributed by atoms with van der Waals surface area (Å²) in [5.74, 6) is 0.120. The zero-order chi connectivity index (χ0) is 28.5. The number of rotatable bonds is 8. The average molecular weight is 593 g/mol. The third kappa shape index (κ3) is 5.52. The molecule has 13 heteroatoms. The largest absolute Gasteiger partial charge is 0.465 e. The molecule has 1 aliphatic heterocycles. The number of carboxylic acid groups (broad SMARTS) is 1. The van der Waals surface area contributed by atoms with Crippen molar-refractivity contribution in [3.8, 4) is 0 Å². The van der Waals surface area contributed by atoms with Crippen molar-refractivity contribution in [2.45, 2.75) is 43.8 Å². The van der Waals surface area contributed by atoms with Crippen LogP contribution in [0, 0.1) is 0 Å². The maximum Gasteiger partial charge on any atom is 0.404 e.